The summed E-state index contributed by atoms with van der Waals surface area (Å²) < 4.78 is 5.08. The lowest BCUT2D eigenvalue weighted by Gasteiger charge is -2.12. The van der Waals surface area contributed by atoms with E-state index in [9.17, 15) is 9.59 Å². The fourth-order valence-corrected chi connectivity index (χ4v) is 1.87. The first kappa shape index (κ1) is 11.5. The predicted octanol–water partition coefficient (Wildman–Crippen LogP) is 1.18. The summed E-state index contributed by atoms with van der Waals surface area (Å²) in [4.78, 5) is 23.7. The fourth-order valence-electron chi connectivity index (χ4n) is 1.56. The van der Waals surface area contributed by atoms with Crippen LogP contribution in [0.5, 0.6) is 0 Å². The minimum absolute atomic E-state index is 0.00699. The van der Waals surface area contributed by atoms with Gasteiger partial charge >= 0.3 is 5.97 Å². The van der Waals surface area contributed by atoms with Crippen molar-refractivity contribution in [3.8, 4) is 0 Å². The number of benzene rings is 1. The van der Waals surface area contributed by atoms with Crippen LogP contribution in [0.25, 0.3) is 0 Å². The van der Waals surface area contributed by atoms with Gasteiger partial charge in [0.05, 0.1) is 12.1 Å². The van der Waals surface area contributed by atoms with Gasteiger partial charge in [-0.15, -0.1) is 0 Å². The molecule has 1 heterocycles. The molecular weight excluding hydrogens is 242 g/mol. The van der Waals surface area contributed by atoms with Gasteiger partial charge in [0.15, 0.2) is 6.10 Å². The lowest BCUT2D eigenvalue weighted by Crippen LogP contribution is -2.32. The zero-order valence-electron chi connectivity index (χ0n) is 8.70. The van der Waals surface area contributed by atoms with Crippen LogP contribution in [-0.4, -0.2) is 28.3 Å². The number of anilines is 1. The van der Waals surface area contributed by atoms with E-state index in [1.165, 1.54) is 4.90 Å². The highest BCUT2D eigenvalue weighted by Gasteiger charge is 2.39. The third-order valence-corrected chi connectivity index (χ3v) is 2.57. The first-order valence-corrected chi connectivity index (χ1v) is 5.32. The minimum atomic E-state index is -1.10. The normalized spacial score (nSPS) is 19.3. The zero-order valence-corrected chi connectivity index (χ0v) is 9.52. The van der Waals surface area contributed by atoms with Crippen molar-refractivity contribution in [2.45, 2.75) is 12.5 Å². The van der Waals surface area contributed by atoms with E-state index >= 15 is 0 Å². The van der Waals surface area contributed by atoms with E-state index in [0.717, 1.165) is 0 Å². The highest BCUT2D eigenvalue weighted by Crippen LogP contribution is 2.23. The highest BCUT2D eigenvalue weighted by atomic mass is 32.1. The number of carbonyl (C=O) groups is 2. The molecule has 1 aliphatic heterocycles. The van der Waals surface area contributed by atoms with Crippen LogP contribution < -0.4 is 4.90 Å². The molecule has 1 amide bonds. The SMILES string of the molecule is O=C(O)CC1OC(=S)N(c2ccccc2)C1=O. The Hall–Kier alpha value is -1.95. The van der Waals surface area contributed by atoms with Crippen molar-refractivity contribution in [2.75, 3.05) is 4.90 Å². The number of ether oxygens (including phenoxy) is 1. The number of carboxylic acids is 1. The van der Waals surface area contributed by atoms with Gasteiger partial charge in [-0.1, -0.05) is 18.2 Å². The molecule has 1 aromatic carbocycles. The Bertz CT molecular complexity index is 474. The van der Waals surface area contributed by atoms with Gasteiger partial charge < -0.3 is 9.84 Å². The van der Waals surface area contributed by atoms with E-state index in [1.54, 1.807) is 24.3 Å². The van der Waals surface area contributed by atoms with Crippen LogP contribution in [0, 0.1) is 0 Å². The molecule has 1 aliphatic rings. The Morgan fingerprint density at radius 3 is 2.65 bits per heavy atom. The first-order chi connectivity index (χ1) is 8.09. The number of hydrogen-bond acceptors (Lipinski definition) is 4. The molecule has 5 nitrogen and oxygen atoms in total. The molecular formula is C11H9NO4S. The van der Waals surface area contributed by atoms with Gasteiger partial charge in [-0.3, -0.25) is 9.59 Å². The smallest absolute Gasteiger partial charge is 0.307 e. The van der Waals surface area contributed by atoms with E-state index in [-0.39, 0.29) is 11.6 Å². The maximum Gasteiger partial charge on any atom is 0.307 e. The molecule has 17 heavy (non-hydrogen) atoms. The maximum atomic E-state index is 11.9. The summed E-state index contributed by atoms with van der Waals surface area (Å²) >= 11 is 4.92. The van der Waals surface area contributed by atoms with E-state index in [4.69, 9.17) is 22.1 Å². The second-order valence-electron chi connectivity index (χ2n) is 3.48. The van der Waals surface area contributed by atoms with Crippen molar-refractivity contribution in [3.63, 3.8) is 0 Å². The Balaban J connectivity index is 2.23. The van der Waals surface area contributed by atoms with Gasteiger partial charge in [0.2, 0.25) is 0 Å². The summed E-state index contributed by atoms with van der Waals surface area (Å²) in [5.41, 5.74) is 0.579. The summed E-state index contributed by atoms with van der Waals surface area (Å²) in [5.74, 6) is -1.54. The quantitative estimate of drug-likeness (QED) is 0.817. The van der Waals surface area contributed by atoms with Crippen LogP contribution in [-0.2, 0) is 14.3 Å². The van der Waals surface area contributed by atoms with Gasteiger partial charge in [-0.25, -0.2) is 4.90 Å². The molecule has 1 atom stereocenters. The molecule has 1 aromatic rings. The molecule has 88 valence electrons. The number of para-hydroxylation sites is 1. The number of nitrogens with zero attached hydrogens (tertiary/aromatic N) is 1. The lowest BCUT2D eigenvalue weighted by atomic mass is 10.2. The molecule has 1 saturated heterocycles. The number of thiocarbonyl (C=S) groups is 1. The first-order valence-electron chi connectivity index (χ1n) is 4.91. The fraction of sp³-hybridized carbons (Fsp3) is 0.182. The van der Waals surface area contributed by atoms with Gasteiger partial charge in [-0.2, -0.15) is 0 Å². The summed E-state index contributed by atoms with van der Waals surface area (Å²) in [6, 6.07) is 8.74. The molecule has 0 saturated carbocycles. The molecule has 0 aromatic heterocycles. The van der Waals surface area contributed by atoms with E-state index < -0.39 is 18.0 Å². The summed E-state index contributed by atoms with van der Waals surface area (Å²) in [7, 11) is 0. The summed E-state index contributed by atoms with van der Waals surface area (Å²) in [5, 5.41) is 8.63. The van der Waals surface area contributed by atoms with Crippen molar-refractivity contribution < 1.29 is 19.4 Å². The molecule has 1 unspecified atom stereocenters. The van der Waals surface area contributed by atoms with Crippen LogP contribution in [0.3, 0.4) is 0 Å². The Morgan fingerprint density at radius 2 is 2.06 bits per heavy atom. The van der Waals surface area contributed by atoms with Crippen molar-refractivity contribution in [1.29, 1.82) is 0 Å². The van der Waals surface area contributed by atoms with Crippen LogP contribution in [0.15, 0.2) is 30.3 Å². The Labute approximate surface area is 103 Å². The zero-order chi connectivity index (χ0) is 12.4. The van der Waals surface area contributed by atoms with E-state index in [2.05, 4.69) is 0 Å². The van der Waals surface area contributed by atoms with Crippen molar-refractivity contribution in [2.24, 2.45) is 0 Å². The average molecular weight is 251 g/mol. The molecule has 0 bridgehead atoms. The van der Waals surface area contributed by atoms with Crippen LogP contribution in [0.1, 0.15) is 6.42 Å². The summed E-state index contributed by atoms with van der Waals surface area (Å²) in [6.07, 6.45) is -1.41. The third-order valence-electron chi connectivity index (χ3n) is 2.30. The van der Waals surface area contributed by atoms with Crippen molar-refractivity contribution >= 4 is 35.0 Å². The van der Waals surface area contributed by atoms with Crippen molar-refractivity contribution in [1.82, 2.24) is 0 Å². The van der Waals surface area contributed by atoms with Gasteiger partial charge in [0.1, 0.15) is 0 Å². The molecule has 1 fully saturated rings. The number of rotatable bonds is 3. The topological polar surface area (TPSA) is 66.8 Å². The number of aliphatic carboxylic acids is 1. The highest BCUT2D eigenvalue weighted by molar-refractivity contribution is 7.80. The van der Waals surface area contributed by atoms with Gasteiger partial charge in [0.25, 0.3) is 11.1 Å². The molecule has 0 radical (unpaired) electrons. The standard InChI is InChI=1S/C11H9NO4S/c13-9(14)6-8-10(15)12(11(17)16-8)7-4-2-1-3-5-7/h1-5,8H,6H2,(H,13,14). The second-order valence-corrected chi connectivity index (χ2v) is 3.83. The Kier molecular flexibility index (Phi) is 3.06. The lowest BCUT2D eigenvalue weighted by molar-refractivity contribution is -0.141. The maximum absolute atomic E-state index is 11.9. The number of carbonyl (C=O) groups excluding carboxylic acids is 1. The van der Waals surface area contributed by atoms with E-state index in [1.807, 2.05) is 6.07 Å². The van der Waals surface area contributed by atoms with Crippen LogP contribution >= 0.6 is 12.2 Å². The van der Waals surface area contributed by atoms with E-state index in [0.29, 0.717) is 5.69 Å². The van der Waals surface area contributed by atoms with Crippen LogP contribution in [0.2, 0.25) is 0 Å². The number of carboxylic acid groups (broad SMARTS) is 1. The minimum Gasteiger partial charge on any atom is -0.481 e. The molecule has 6 heteroatoms. The monoisotopic (exact) mass is 251 g/mol. The van der Waals surface area contributed by atoms with Crippen LogP contribution in [0.4, 0.5) is 5.69 Å². The number of hydrogen-bond donors (Lipinski definition) is 1. The predicted molar refractivity (Wildman–Crippen MR) is 63.7 cm³/mol. The molecule has 1 N–H and O–H groups in total. The molecule has 2 rings (SSSR count). The third kappa shape index (κ3) is 2.26. The van der Waals surface area contributed by atoms with Crippen molar-refractivity contribution in [3.05, 3.63) is 30.3 Å². The van der Waals surface area contributed by atoms with Gasteiger partial charge in [-0.05, 0) is 24.4 Å². The van der Waals surface area contributed by atoms with Gasteiger partial charge in [0, 0.05) is 0 Å². The summed E-state index contributed by atoms with van der Waals surface area (Å²) in [6.45, 7) is 0. The average Bonchev–Trinajstić information content (AvgIpc) is 2.54. The second kappa shape index (κ2) is 4.50. The Morgan fingerprint density at radius 1 is 1.41 bits per heavy atom. The molecule has 0 aliphatic carbocycles. The number of amides is 1. The largest absolute Gasteiger partial charge is 0.481 e. The molecule has 0 spiro atoms.